The Morgan fingerprint density at radius 3 is 3.10 bits per heavy atom. The smallest absolute Gasteiger partial charge is 0.0880 e. The first kappa shape index (κ1) is 7.81. The van der Waals surface area contributed by atoms with Gasteiger partial charge in [-0.2, -0.15) is 0 Å². The Bertz CT molecular complexity index is 209. The normalized spacial score (nSPS) is 13.3. The van der Waals surface area contributed by atoms with E-state index in [9.17, 15) is 4.21 Å². The van der Waals surface area contributed by atoms with E-state index in [-0.39, 0.29) is 0 Å². The molecule has 1 rings (SSSR count). The van der Waals surface area contributed by atoms with Gasteiger partial charge in [0.05, 0.1) is 11.4 Å². The molecule has 0 aliphatic carbocycles. The van der Waals surface area contributed by atoms with Crippen LogP contribution >= 0.6 is 11.5 Å². The van der Waals surface area contributed by atoms with Crippen molar-refractivity contribution in [2.24, 2.45) is 0 Å². The van der Waals surface area contributed by atoms with Crippen LogP contribution in [0, 0.1) is 0 Å². The molecule has 0 bridgehead atoms. The first-order valence-corrected chi connectivity index (χ1v) is 5.26. The highest BCUT2D eigenvalue weighted by molar-refractivity contribution is 7.84. The summed E-state index contributed by atoms with van der Waals surface area (Å²) in [7, 11) is -0.752. The molecule has 0 saturated heterocycles. The van der Waals surface area contributed by atoms with E-state index >= 15 is 0 Å². The molecular weight excluding hydrogens is 168 g/mol. The zero-order valence-electron chi connectivity index (χ0n) is 5.61. The SMILES string of the molecule is CCS(=O)Cc1csnn1. The molecule has 0 saturated carbocycles. The minimum absolute atomic E-state index is 0.549. The van der Waals surface area contributed by atoms with Gasteiger partial charge in [0.25, 0.3) is 0 Å². The van der Waals surface area contributed by atoms with Crippen molar-refractivity contribution >= 4 is 22.3 Å². The van der Waals surface area contributed by atoms with Crippen LogP contribution in [0.4, 0.5) is 0 Å². The predicted octanol–water partition coefficient (Wildman–Crippen LogP) is 0.807. The molecule has 0 fully saturated rings. The number of nitrogens with zero attached hydrogens (tertiary/aromatic N) is 2. The van der Waals surface area contributed by atoms with Crippen LogP contribution in [0.15, 0.2) is 5.38 Å². The third-order valence-corrected chi connectivity index (χ3v) is 2.85. The van der Waals surface area contributed by atoms with Crippen LogP contribution in [0.3, 0.4) is 0 Å². The van der Waals surface area contributed by atoms with Gasteiger partial charge in [-0.05, 0) is 11.5 Å². The minimum atomic E-state index is -0.752. The highest BCUT2D eigenvalue weighted by atomic mass is 32.2. The van der Waals surface area contributed by atoms with Gasteiger partial charge >= 0.3 is 0 Å². The highest BCUT2D eigenvalue weighted by Crippen LogP contribution is 2.00. The van der Waals surface area contributed by atoms with Crippen LogP contribution in [0.5, 0.6) is 0 Å². The molecule has 0 aromatic carbocycles. The van der Waals surface area contributed by atoms with E-state index in [1.807, 2.05) is 12.3 Å². The van der Waals surface area contributed by atoms with E-state index in [4.69, 9.17) is 0 Å². The maximum atomic E-state index is 10.9. The molecule has 0 aliphatic heterocycles. The molecule has 1 heterocycles. The van der Waals surface area contributed by atoms with Gasteiger partial charge < -0.3 is 0 Å². The molecule has 56 valence electrons. The lowest BCUT2D eigenvalue weighted by atomic mass is 10.6. The van der Waals surface area contributed by atoms with Gasteiger partial charge in [-0.3, -0.25) is 4.21 Å². The van der Waals surface area contributed by atoms with Crippen molar-refractivity contribution in [3.8, 4) is 0 Å². The van der Waals surface area contributed by atoms with Crippen LogP contribution in [0.2, 0.25) is 0 Å². The second-order valence-corrected chi connectivity index (χ2v) is 4.12. The van der Waals surface area contributed by atoms with Gasteiger partial charge in [0.2, 0.25) is 0 Å². The Hall–Kier alpha value is -0.290. The first-order valence-electron chi connectivity index (χ1n) is 2.94. The van der Waals surface area contributed by atoms with Gasteiger partial charge in [-0.1, -0.05) is 11.4 Å². The lowest BCUT2D eigenvalue weighted by Gasteiger charge is -1.90. The van der Waals surface area contributed by atoms with Crippen molar-refractivity contribution < 1.29 is 4.21 Å². The maximum absolute atomic E-state index is 10.9. The quantitative estimate of drug-likeness (QED) is 0.684. The Balaban J connectivity index is 2.48. The van der Waals surface area contributed by atoms with Crippen molar-refractivity contribution in [1.82, 2.24) is 9.59 Å². The summed E-state index contributed by atoms with van der Waals surface area (Å²) in [5, 5.41) is 5.61. The molecular formula is C5H8N2OS2. The summed E-state index contributed by atoms with van der Waals surface area (Å²) in [6.07, 6.45) is 0. The molecule has 0 aliphatic rings. The molecule has 5 heteroatoms. The van der Waals surface area contributed by atoms with Crippen molar-refractivity contribution in [1.29, 1.82) is 0 Å². The third-order valence-electron chi connectivity index (χ3n) is 1.04. The van der Waals surface area contributed by atoms with Crippen LogP contribution < -0.4 is 0 Å². The third kappa shape index (κ3) is 2.15. The van der Waals surface area contributed by atoms with E-state index in [0.717, 1.165) is 5.69 Å². The standard InChI is InChI=1S/C5H8N2OS2/c1-2-10(8)4-5-3-9-7-6-5/h3H,2,4H2,1H3. The highest BCUT2D eigenvalue weighted by Gasteiger charge is 2.00. The number of rotatable bonds is 3. The van der Waals surface area contributed by atoms with Gasteiger partial charge in [-0.25, -0.2) is 0 Å². The van der Waals surface area contributed by atoms with Crippen molar-refractivity contribution in [2.75, 3.05) is 5.75 Å². The van der Waals surface area contributed by atoms with E-state index in [0.29, 0.717) is 11.5 Å². The zero-order chi connectivity index (χ0) is 7.40. The van der Waals surface area contributed by atoms with Crippen molar-refractivity contribution in [2.45, 2.75) is 12.7 Å². The molecule has 10 heavy (non-hydrogen) atoms. The monoisotopic (exact) mass is 176 g/mol. The minimum Gasteiger partial charge on any atom is -0.259 e. The van der Waals surface area contributed by atoms with Crippen LogP contribution in [-0.4, -0.2) is 19.5 Å². The topological polar surface area (TPSA) is 42.9 Å². The molecule has 1 unspecified atom stereocenters. The maximum Gasteiger partial charge on any atom is 0.0880 e. The summed E-state index contributed by atoms with van der Waals surface area (Å²) in [6.45, 7) is 1.90. The Morgan fingerprint density at radius 2 is 2.60 bits per heavy atom. The number of aromatic nitrogens is 2. The van der Waals surface area contributed by atoms with Crippen molar-refractivity contribution in [3.63, 3.8) is 0 Å². The average molecular weight is 176 g/mol. The van der Waals surface area contributed by atoms with Gasteiger partial charge in [0, 0.05) is 21.9 Å². The Labute approximate surface area is 66.1 Å². The average Bonchev–Trinajstić information content (AvgIpc) is 2.40. The molecule has 0 spiro atoms. The molecule has 0 N–H and O–H groups in total. The largest absolute Gasteiger partial charge is 0.259 e. The Morgan fingerprint density at radius 1 is 1.80 bits per heavy atom. The van der Waals surface area contributed by atoms with Crippen LogP contribution in [0.25, 0.3) is 0 Å². The zero-order valence-corrected chi connectivity index (χ0v) is 7.24. The fourth-order valence-corrected chi connectivity index (χ4v) is 1.75. The molecule has 3 nitrogen and oxygen atoms in total. The summed E-state index contributed by atoms with van der Waals surface area (Å²) in [6, 6.07) is 0. The predicted molar refractivity (Wildman–Crippen MR) is 42.3 cm³/mol. The fourth-order valence-electron chi connectivity index (χ4n) is 0.514. The van der Waals surface area contributed by atoms with E-state index in [1.165, 1.54) is 11.5 Å². The second-order valence-electron chi connectivity index (χ2n) is 1.77. The number of hydrogen-bond acceptors (Lipinski definition) is 4. The summed E-state index contributed by atoms with van der Waals surface area (Å²) in [5.74, 6) is 1.24. The van der Waals surface area contributed by atoms with E-state index in [1.54, 1.807) is 0 Å². The molecule has 1 aromatic rings. The van der Waals surface area contributed by atoms with Crippen LogP contribution in [0.1, 0.15) is 12.6 Å². The molecule has 0 radical (unpaired) electrons. The summed E-state index contributed by atoms with van der Waals surface area (Å²) in [5.41, 5.74) is 0.838. The van der Waals surface area contributed by atoms with E-state index < -0.39 is 10.8 Å². The van der Waals surface area contributed by atoms with Crippen LogP contribution in [-0.2, 0) is 16.6 Å². The fraction of sp³-hybridized carbons (Fsp3) is 0.600. The summed E-state index contributed by atoms with van der Waals surface area (Å²) in [4.78, 5) is 0. The van der Waals surface area contributed by atoms with Gasteiger partial charge in [-0.15, -0.1) is 5.10 Å². The molecule has 1 aromatic heterocycles. The summed E-state index contributed by atoms with van der Waals surface area (Å²) < 4.78 is 14.6. The Kier molecular flexibility index (Phi) is 2.95. The number of hydrogen-bond donors (Lipinski definition) is 0. The van der Waals surface area contributed by atoms with Crippen molar-refractivity contribution in [3.05, 3.63) is 11.1 Å². The van der Waals surface area contributed by atoms with Gasteiger partial charge in [0.15, 0.2) is 0 Å². The lowest BCUT2D eigenvalue weighted by Crippen LogP contribution is -1.97. The molecule has 0 amide bonds. The van der Waals surface area contributed by atoms with E-state index in [2.05, 4.69) is 9.59 Å². The second kappa shape index (κ2) is 3.78. The summed E-state index contributed by atoms with van der Waals surface area (Å²) >= 11 is 1.30. The first-order chi connectivity index (χ1) is 4.83. The van der Waals surface area contributed by atoms with Gasteiger partial charge in [0.1, 0.15) is 0 Å². The molecule has 1 atom stereocenters. The lowest BCUT2D eigenvalue weighted by molar-refractivity contribution is 0.682.